The number of hydrogen-bond acceptors (Lipinski definition) is 5. The first-order valence-corrected chi connectivity index (χ1v) is 8.98. The summed E-state index contributed by atoms with van der Waals surface area (Å²) in [5.41, 5.74) is 4.26. The summed E-state index contributed by atoms with van der Waals surface area (Å²) >= 11 is 0. The largest absolute Gasteiger partial charge is 0.465 e. The minimum atomic E-state index is -0.793. The third kappa shape index (κ3) is 3.70. The Hall–Kier alpha value is -3.13. The van der Waals surface area contributed by atoms with Crippen molar-refractivity contribution in [2.45, 2.75) is 32.3 Å². The molecule has 0 fully saturated rings. The van der Waals surface area contributed by atoms with E-state index in [1.165, 1.54) is 7.11 Å². The fourth-order valence-corrected chi connectivity index (χ4v) is 3.41. The first-order valence-electron chi connectivity index (χ1n) is 8.98. The first-order chi connectivity index (χ1) is 13.1. The molecule has 2 unspecified atom stereocenters. The Labute approximate surface area is 158 Å². The van der Waals surface area contributed by atoms with Gasteiger partial charge in [-0.15, -0.1) is 0 Å². The summed E-state index contributed by atoms with van der Waals surface area (Å²) in [6.07, 6.45) is 1.30. The summed E-state index contributed by atoms with van der Waals surface area (Å²) in [4.78, 5) is 24.4. The van der Waals surface area contributed by atoms with Crippen LogP contribution in [0.15, 0.2) is 42.5 Å². The lowest BCUT2D eigenvalue weighted by Gasteiger charge is -2.22. The molecule has 0 N–H and O–H groups in total. The molecule has 0 amide bonds. The molecule has 1 aliphatic rings. The molecule has 0 aliphatic heterocycles. The van der Waals surface area contributed by atoms with Gasteiger partial charge >= 0.3 is 11.9 Å². The highest BCUT2D eigenvalue weighted by atomic mass is 16.5. The van der Waals surface area contributed by atoms with Crippen molar-refractivity contribution in [2.24, 2.45) is 5.92 Å². The van der Waals surface area contributed by atoms with Gasteiger partial charge < -0.3 is 9.47 Å². The van der Waals surface area contributed by atoms with Crippen LogP contribution in [-0.2, 0) is 27.1 Å². The fraction of sp³-hybridized carbons (Fsp3) is 0.318. The van der Waals surface area contributed by atoms with Crippen LogP contribution in [0, 0.1) is 17.2 Å². The highest BCUT2D eigenvalue weighted by molar-refractivity contribution is 5.89. The van der Waals surface area contributed by atoms with E-state index in [0.717, 1.165) is 35.1 Å². The maximum atomic E-state index is 12.5. The lowest BCUT2D eigenvalue weighted by atomic mass is 9.95. The number of benzene rings is 2. The maximum absolute atomic E-state index is 12.5. The molecule has 0 saturated carbocycles. The average Bonchev–Trinajstić information content (AvgIpc) is 2.85. The van der Waals surface area contributed by atoms with Gasteiger partial charge in [0.25, 0.3) is 0 Å². The topological polar surface area (TPSA) is 76.4 Å². The summed E-state index contributed by atoms with van der Waals surface area (Å²) in [5, 5.41) is 9.19. The van der Waals surface area contributed by atoms with Crippen LogP contribution in [0.2, 0.25) is 0 Å². The molecule has 2 aromatic carbocycles. The molecule has 5 nitrogen and oxygen atoms in total. The minimum Gasteiger partial charge on any atom is -0.465 e. The number of ether oxygens (including phenoxy) is 2. The van der Waals surface area contributed by atoms with E-state index < -0.39 is 24.0 Å². The minimum absolute atomic E-state index is 0.399. The smallest absolute Gasteiger partial charge is 0.337 e. The molecule has 1 aliphatic carbocycles. The van der Waals surface area contributed by atoms with E-state index >= 15 is 0 Å². The van der Waals surface area contributed by atoms with Gasteiger partial charge in [-0.25, -0.2) is 4.79 Å². The Bertz CT molecular complexity index is 913. The molecule has 2 atom stereocenters. The molecule has 0 bridgehead atoms. The van der Waals surface area contributed by atoms with E-state index in [0.29, 0.717) is 12.0 Å². The summed E-state index contributed by atoms with van der Waals surface area (Å²) in [6.45, 7) is 1.78. The Morgan fingerprint density at radius 1 is 1.15 bits per heavy atom. The SMILES string of the molecule is CCC(C#N)C(=O)OC1c2ccccc2CCc2cc(C(=O)OC)ccc21. The number of aryl methyl sites for hydroxylation is 2. The Balaban J connectivity index is 2.06. The van der Waals surface area contributed by atoms with E-state index in [4.69, 9.17) is 9.47 Å². The number of carbonyl (C=O) groups excluding carboxylic acids is 2. The fourth-order valence-electron chi connectivity index (χ4n) is 3.41. The number of nitriles is 1. The second-order valence-electron chi connectivity index (χ2n) is 6.51. The highest BCUT2D eigenvalue weighted by Crippen LogP contribution is 2.36. The molecule has 5 heteroatoms. The first kappa shape index (κ1) is 18.7. The standard InChI is InChI=1S/C22H21NO4/c1-3-14(13-23)22(25)27-20-18-7-5-4-6-15(18)8-9-16-12-17(21(24)26-2)10-11-19(16)20/h4-7,10-12,14,20H,3,8-9H2,1-2H3. The summed E-state index contributed by atoms with van der Waals surface area (Å²) in [5.74, 6) is -1.72. The van der Waals surface area contributed by atoms with Gasteiger partial charge in [0.05, 0.1) is 18.7 Å². The van der Waals surface area contributed by atoms with Crippen molar-refractivity contribution in [3.8, 4) is 6.07 Å². The van der Waals surface area contributed by atoms with E-state index in [-0.39, 0.29) is 0 Å². The van der Waals surface area contributed by atoms with Crippen LogP contribution in [0.5, 0.6) is 0 Å². The van der Waals surface area contributed by atoms with E-state index in [1.807, 2.05) is 36.4 Å². The lowest BCUT2D eigenvalue weighted by molar-refractivity contribution is -0.150. The quantitative estimate of drug-likeness (QED) is 0.773. The summed E-state index contributed by atoms with van der Waals surface area (Å²) in [7, 11) is 1.35. The number of carbonyl (C=O) groups is 2. The van der Waals surface area contributed by atoms with Crippen molar-refractivity contribution in [3.63, 3.8) is 0 Å². The van der Waals surface area contributed by atoms with Crippen LogP contribution in [0.4, 0.5) is 0 Å². The highest BCUT2D eigenvalue weighted by Gasteiger charge is 2.29. The number of rotatable bonds is 4. The van der Waals surface area contributed by atoms with Gasteiger partial charge in [0.15, 0.2) is 6.10 Å². The molecule has 0 saturated heterocycles. The number of esters is 2. The van der Waals surface area contributed by atoms with Crippen molar-refractivity contribution in [3.05, 3.63) is 70.3 Å². The molecule has 0 radical (unpaired) electrons. The van der Waals surface area contributed by atoms with Crippen molar-refractivity contribution in [1.29, 1.82) is 5.26 Å². The molecule has 0 heterocycles. The zero-order valence-corrected chi connectivity index (χ0v) is 15.4. The molecular formula is C22H21NO4. The van der Waals surface area contributed by atoms with Crippen molar-refractivity contribution in [2.75, 3.05) is 7.11 Å². The second kappa shape index (κ2) is 8.05. The van der Waals surface area contributed by atoms with Gasteiger partial charge in [0, 0.05) is 11.1 Å². The normalized spacial score (nSPS) is 16.1. The molecule has 0 aromatic heterocycles. The lowest BCUT2D eigenvalue weighted by Crippen LogP contribution is -2.20. The third-order valence-corrected chi connectivity index (χ3v) is 4.93. The van der Waals surface area contributed by atoms with Gasteiger partial charge in [-0.2, -0.15) is 5.26 Å². The van der Waals surface area contributed by atoms with Crippen molar-refractivity contribution in [1.82, 2.24) is 0 Å². The van der Waals surface area contributed by atoms with Gasteiger partial charge in [0.1, 0.15) is 5.92 Å². The van der Waals surface area contributed by atoms with Crippen LogP contribution in [0.3, 0.4) is 0 Å². The van der Waals surface area contributed by atoms with E-state index in [9.17, 15) is 14.9 Å². The molecule has 138 valence electrons. The Morgan fingerprint density at radius 3 is 2.56 bits per heavy atom. The van der Waals surface area contributed by atoms with E-state index in [2.05, 4.69) is 0 Å². The zero-order valence-electron chi connectivity index (χ0n) is 15.4. The van der Waals surface area contributed by atoms with Crippen molar-refractivity contribution >= 4 is 11.9 Å². The molecular weight excluding hydrogens is 342 g/mol. The van der Waals surface area contributed by atoms with Crippen LogP contribution >= 0.6 is 0 Å². The third-order valence-electron chi connectivity index (χ3n) is 4.93. The predicted molar refractivity (Wildman–Crippen MR) is 99.0 cm³/mol. The number of hydrogen-bond donors (Lipinski definition) is 0. The Morgan fingerprint density at radius 2 is 1.85 bits per heavy atom. The van der Waals surface area contributed by atoms with Gasteiger partial charge in [-0.3, -0.25) is 4.79 Å². The monoisotopic (exact) mass is 363 g/mol. The van der Waals surface area contributed by atoms with Gasteiger partial charge in [-0.1, -0.05) is 37.3 Å². The number of fused-ring (bicyclic) bond motifs is 2. The van der Waals surface area contributed by atoms with Gasteiger partial charge in [0.2, 0.25) is 0 Å². The maximum Gasteiger partial charge on any atom is 0.337 e. The van der Waals surface area contributed by atoms with Gasteiger partial charge in [-0.05, 0) is 42.5 Å². The van der Waals surface area contributed by atoms with Crippen LogP contribution in [-0.4, -0.2) is 19.0 Å². The number of nitrogens with zero attached hydrogens (tertiary/aromatic N) is 1. The second-order valence-corrected chi connectivity index (χ2v) is 6.51. The van der Waals surface area contributed by atoms with Crippen LogP contribution in [0.1, 0.15) is 52.1 Å². The molecule has 0 spiro atoms. The summed E-state index contributed by atoms with van der Waals surface area (Å²) < 4.78 is 10.6. The predicted octanol–water partition coefficient (Wildman–Crippen LogP) is 3.75. The number of methoxy groups -OCH3 is 1. The Kier molecular flexibility index (Phi) is 5.56. The van der Waals surface area contributed by atoms with Crippen LogP contribution in [0.25, 0.3) is 0 Å². The molecule has 27 heavy (non-hydrogen) atoms. The van der Waals surface area contributed by atoms with Crippen LogP contribution < -0.4 is 0 Å². The van der Waals surface area contributed by atoms with E-state index in [1.54, 1.807) is 19.1 Å². The zero-order chi connectivity index (χ0) is 19.4. The molecule has 2 aromatic rings. The average molecular weight is 363 g/mol. The molecule has 3 rings (SSSR count). The van der Waals surface area contributed by atoms with Crippen molar-refractivity contribution < 1.29 is 19.1 Å². The summed E-state index contributed by atoms with van der Waals surface area (Å²) in [6, 6.07) is 15.1.